The molecule has 0 spiro atoms. The number of carboxylic acid groups (broad SMARTS) is 1. The van der Waals surface area contributed by atoms with Gasteiger partial charge in [-0.05, 0) is 24.5 Å². The molecule has 0 saturated carbocycles. The number of rotatable bonds is 7. The van der Waals surface area contributed by atoms with E-state index in [0.29, 0.717) is 0 Å². The van der Waals surface area contributed by atoms with Crippen molar-refractivity contribution in [1.29, 1.82) is 0 Å². The second-order valence-electron chi connectivity index (χ2n) is 4.94. The summed E-state index contributed by atoms with van der Waals surface area (Å²) in [5.74, 6) is -2.19. The summed E-state index contributed by atoms with van der Waals surface area (Å²) >= 11 is 0. The number of nitrogens with one attached hydrogen (secondary N) is 1. The number of aliphatic carboxylic acids is 1. The maximum atomic E-state index is 13.3. The Hall–Kier alpha value is -1.67. The van der Waals surface area contributed by atoms with Crippen molar-refractivity contribution < 1.29 is 27.4 Å². The number of benzene rings is 1. The maximum Gasteiger partial charge on any atom is 0.321 e. The molecule has 1 rings (SSSR count). The highest BCUT2D eigenvalue weighted by atomic mass is 32.2. The third-order valence-electron chi connectivity index (χ3n) is 2.74. The molecular formula is C13H18FNO5S. The first kappa shape index (κ1) is 17.4. The summed E-state index contributed by atoms with van der Waals surface area (Å²) in [4.78, 5) is 10.9. The van der Waals surface area contributed by atoms with Gasteiger partial charge in [0.1, 0.15) is 6.04 Å². The summed E-state index contributed by atoms with van der Waals surface area (Å²) in [6.45, 7) is 3.57. The molecule has 0 aliphatic carbocycles. The van der Waals surface area contributed by atoms with Gasteiger partial charge in [-0.1, -0.05) is 13.8 Å². The molecule has 118 valence electrons. The van der Waals surface area contributed by atoms with E-state index in [4.69, 9.17) is 9.84 Å². The van der Waals surface area contributed by atoms with Gasteiger partial charge in [0.2, 0.25) is 10.0 Å². The highest BCUT2D eigenvalue weighted by Gasteiger charge is 2.26. The van der Waals surface area contributed by atoms with E-state index < -0.39 is 27.9 Å². The van der Waals surface area contributed by atoms with E-state index in [-0.39, 0.29) is 23.0 Å². The lowest BCUT2D eigenvalue weighted by molar-refractivity contribution is -0.139. The van der Waals surface area contributed by atoms with Crippen LogP contribution in [-0.2, 0) is 14.8 Å². The van der Waals surface area contributed by atoms with Crippen LogP contribution in [0.4, 0.5) is 4.39 Å². The molecule has 0 amide bonds. The van der Waals surface area contributed by atoms with Crippen LogP contribution in [-0.4, -0.2) is 32.6 Å². The van der Waals surface area contributed by atoms with Crippen molar-refractivity contribution in [3.8, 4) is 5.75 Å². The number of hydrogen-bond donors (Lipinski definition) is 2. The third-order valence-corrected chi connectivity index (χ3v) is 4.20. The first-order valence-corrected chi connectivity index (χ1v) is 7.74. The van der Waals surface area contributed by atoms with Crippen LogP contribution in [0.1, 0.15) is 20.3 Å². The van der Waals surface area contributed by atoms with Gasteiger partial charge in [-0.3, -0.25) is 4.79 Å². The standard InChI is InChI=1S/C13H18FNO5S/c1-8(2)6-11(13(16)17)15-21(18,19)9-4-5-10(14)12(7-9)20-3/h4-5,7-8,11,15H,6H2,1-3H3,(H,16,17)/t11-/m1/s1. The largest absolute Gasteiger partial charge is 0.494 e. The molecule has 0 aliphatic heterocycles. The lowest BCUT2D eigenvalue weighted by Crippen LogP contribution is -2.41. The van der Waals surface area contributed by atoms with E-state index in [9.17, 15) is 17.6 Å². The minimum Gasteiger partial charge on any atom is -0.494 e. The van der Waals surface area contributed by atoms with E-state index in [1.165, 1.54) is 7.11 Å². The Morgan fingerprint density at radius 3 is 2.52 bits per heavy atom. The fourth-order valence-corrected chi connectivity index (χ4v) is 2.95. The first-order chi connectivity index (χ1) is 9.67. The van der Waals surface area contributed by atoms with E-state index >= 15 is 0 Å². The summed E-state index contributed by atoms with van der Waals surface area (Å²) in [6, 6.07) is 1.76. The van der Waals surface area contributed by atoms with Crippen LogP contribution in [0.2, 0.25) is 0 Å². The third kappa shape index (κ3) is 4.68. The summed E-state index contributed by atoms with van der Waals surface area (Å²) < 4.78 is 44.4. The van der Waals surface area contributed by atoms with Gasteiger partial charge in [-0.2, -0.15) is 4.72 Å². The summed E-state index contributed by atoms with van der Waals surface area (Å²) in [7, 11) is -2.87. The molecule has 0 aliphatic rings. The van der Waals surface area contributed by atoms with Gasteiger partial charge in [0, 0.05) is 6.07 Å². The van der Waals surface area contributed by atoms with Crippen LogP contribution in [0.15, 0.2) is 23.1 Å². The predicted octanol–water partition coefficient (Wildman–Crippen LogP) is 1.61. The molecule has 0 heterocycles. The number of sulfonamides is 1. The summed E-state index contributed by atoms with van der Waals surface area (Å²) in [5, 5.41) is 9.07. The molecule has 2 N–H and O–H groups in total. The lowest BCUT2D eigenvalue weighted by atomic mass is 10.1. The van der Waals surface area contributed by atoms with E-state index in [2.05, 4.69) is 4.72 Å². The fraction of sp³-hybridized carbons (Fsp3) is 0.462. The molecule has 6 nitrogen and oxygen atoms in total. The number of carbonyl (C=O) groups is 1. The Labute approximate surface area is 123 Å². The molecule has 0 aromatic heterocycles. The molecule has 0 radical (unpaired) electrons. The quantitative estimate of drug-likeness (QED) is 0.796. The van der Waals surface area contributed by atoms with Gasteiger partial charge >= 0.3 is 5.97 Å². The molecule has 8 heteroatoms. The Morgan fingerprint density at radius 1 is 1.43 bits per heavy atom. The van der Waals surface area contributed by atoms with Crippen LogP contribution in [0, 0.1) is 11.7 Å². The normalized spacial score (nSPS) is 13.2. The van der Waals surface area contributed by atoms with Crippen LogP contribution >= 0.6 is 0 Å². The molecule has 1 atom stereocenters. The number of carboxylic acids is 1. The van der Waals surface area contributed by atoms with E-state index in [1.54, 1.807) is 13.8 Å². The van der Waals surface area contributed by atoms with E-state index in [1.807, 2.05) is 0 Å². The van der Waals surface area contributed by atoms with Crippen LogP contribution in [0.3, 0.4) is 0 Å². The fourth-order valence-electron chi connectivity index (χ4n) is 1.73. The van der Waals surface area contributed by atoms with Gasteiger partial charge in [-0.25, -0.2) is 12.8 Å². The number of methoxy groups -OCH3 is 1. The van der Waals surface area contributed by atoms with Crippen molar-refractivity contribution in [2.75, 3.05) is 7.11 Å². The first-order valence-electron chi connectivity index (χ1n) is 6.26. The van der Waals surface area contributed by atoms with Gasteiger partial charge in [-0.15, -0.1) is 0 Å². The topological polar surface area (TPSA) is 92.7 Å². The van der Waals surface area contributed by atoms with Crippen LogP contribution < -0.4 is 9.46 Å². The molecular weight excluding hydrogens is 301 g/mol. The average molecular weight is 319 g/mol. The molecule has 0 fully saturated rings. The molecule has 0 bridgehead atoms. The zero-order valence-electron chi connectivity index (χ0n) is 12.0. The SMILES string of the molecule is COc1cc(S(=O)(=O)N[C@H](CC(C)C)C(=O)O)ccc1F. The highest BCUT2D eigenvalue weighted by molar-refractivity contribution is 7.89. The van der Waals surface area contributed by atoms with Gasteiger partial charge in [0.25, 0.3) is 0 Å². The van der Waals surface area contributed by atoms with Gasteiger partial charge in [0.15, 0.2) is 11.6 Å². The monoisotopic (exact) mass is 319 g/mol. The molecule has 1 aromatic carbocycles. The predicted molar refractivity (Wildman–Crippen MR) is 74.2 cm³/mol. The smallest absolute Gasteiger partial charge is 0.321 e. The number of halogens is 1. The second-order valence-corrected chi connectivity index (χ2v) is 6.65. The van der Waals surface area contributed by atoms with Crippen molar-refractivity contribution in [3.05, 3.63) is 24.0 Å². The minimum absolute atomic E-state index is 0.00319. The minimum atomic E-state index is -4.08. The Bertz CT molecular complexity index is 615. The maximum absolute atomic E-state index is 13.3. The van der Waals surface area contributed by atoms with Crippen LogP contribution in [0.5, 0.6) is 5.75 Å². The van der Waals surface area contributed by atoms with Gasteiger partial charge < -0.3 is 9.84 Å². The Balaban J connectivity index is 3.07. The van der Waals surface area contributed by atoms with Crippen molar-refractivity contribution in [3.63, 3.8) is 0 Å². The average Bonchev–Trinajstić information content (AvgIpc) is 2.37. The second kappa shape index (κ2) is 6.86. The van der Waals surface area contributed by atoms with Crippen molar-refractivity contribution >= 4 is 16.0 Å². The van der Waals surface area contributed by atoms with Gasteiger partial charge in [0.05, 0.1) is 12.0 Å². The van der Waals surface area contributed by atoms with E-state index in [0.717, 1.165) is 18.2 Å². The highest BCUT2D eigenvalue weighted by Crippen LogP contribution is 2.21. The zero-order chi connectivity index (χ0) is 16.2. The van der Waals surface area contributed by atoms with Crippen molar-refractivity contribution in [2.24, 2.45) is 5.92 Å². The summed E-state index contributed by atoms with van der Waals surface area (Å²) in [6.07, 6.45) is 0.146. The summed E-state index contributed by atoms with van der Waals surface area (Å²) in [5.41, 5.74) is 0. The van der Waals surface area contributed by atoms with Crippen molar-refractivity contribution in [2.45, 2.75) is 31.2 Å². The van der Waals surface area contributed by atoms with Crippen LogP contribution in [0.25, 0.3) is 0 Å². The molecule has 21 heavy (non-hydrogen) atoms. The zero-order valence-corrected chi connectivity index (χ0v) is 12.8. The lowest BCUT2D eigenvalue weighted by Gasteiger charge is -2.17. The Morgan fingerprint density at radius 2 is 2.05 bits per heavy atom. The molecule has 1 aromatic rings. The van der Waals surface area contributed by atoms with Crippen molar-refractivity contribution in [1.82, 2.24) is 4.72 Å². The molecule has 0 saturated heterocycles. The number of ether oxygens (including phenoxy) is 1. The number of hydrogen-bond acceptors (Lipinski definition) is 4. The Kier molecular flexibility index (Phi) is 5.68. The molecule has 0 unspecified atom stereocenters.